The topological polar surface area (TPSA) is 105 Å². The lowest BCUT2D eigenvalue weighted by Crippen LogP contribution is -2.27. The molecule has 0 spiro atoms. The van der Waals surface area contributed by atoms with Gasteiger partial charge in [-0.2, -0.15) is 4.31 Å². The van der Waals surface area contributed by atoms with Crippen molar-refractivity contribution in [1.29, 1.82) is 0 Å². The summed E-state index contributed by atoms with van der Waals surface area (Å²) in [5.74, 6) is 0.235. The number of carbonyl (C=O) groups excluding carboxylic acids is 1. The predicted molar refractivity (Wildman–Crippen MR) is 123 cm³/mol. The van der Waals surface area contributed by atoms with E-state index in [1.807, 2.05) is 32.0 Å². The summed E-state index contributed by atoms with van der Waals surface area (Å²) in [4.78, 5) is 12.6. The average molecular weight is 473 g/mol. The van der Waals surface area contributed by atoms with E-state index in [2.05, 4.69) is 15.5 Å². The first-order valence-corrected chi connectivity index (χ1v) is 12.7. The molecule has 0 saturated carbocycles. The minimum atomic E-state index is -3.46. The second-order valence-electron chi connectivity index (χ2n) is 7.61. The van der Waals surface area contributed by atoms with E-state index in [0.717, 1.165) is 41.4 Å². The summed E-state index contributed by atoms with van der Waals surface area (Å²) in [6, 6.07) is 12.2. The molecule has 10 heteroatoms. The number of amides is 1. The number of carbonyl (C=O) groups is 1. The number of aromatic nitrogens is 2. The number of hydrogen-bond donors (Lipinski definition) is 1. The number of anilines is 1. The Labute approximate surface area is 191 Å². The molecule has 0 unspecified atom stereocenters. The van der Waals surface area contributed by atoms with Crippen LogP contribution in [0.1, 0.15) is 24.0 Å². The van der Waals surface area contributed by atoms with Gasteiger partial charge in [-0.15, -0.1) is 10.2 Å². The van der Waals surface area contributed by atoms with Crippen molar-refractivity contribution in [2.75, 3.05) is 24.2 Å². The fourth-order valence-electron chi connectivity index (χ4n) is 3.55. The molecule has 1 amide bonds. The van der Waals surface area contributed by atoms with Crippen LogP contribution in [0.4, 0.5) is 5.69 Å². The van der Waals surface area contributed by atoms with Gasteiger partial charge >= 0.3 is 0 Å². The molecule has 168 valence electrons. The van der Waals surface area contributed by atoms with E-state index in [1.54, 1.807) is 24.3 Å². The lowest BCUT2D eigenvalue weighted by molar-refractivity contribution is -0.113. The van der Waals surface area contributed by atoms with Crippen LogP contribution in [0.15, 0.2) is 57.0 Å². The molecule has 4 rings (SSSR count). The van der Waals surface area contributed by atoms with Crippen LogP contribution in [0.25, 0.3) is 11.5 Å². The SMILES string of the molecule is Cc1cccc(C)c1NC(=O)CSc1nnc(-c2ccc(S(=O)(=O)N3CCCC3)cc2)o1. The first kappa shape index (κ1) is 22.5. The second kappa shape index (κ2) is 9.43. The lowest BCUT2D eigenvalue weighted by Gasteiger charge is -2.15. The lowest BCUT2D eigenvalue weighted by atomic mass is 10.1. The van der Waals surface area contributed by atoms with Gasteiger partial charge in [0.25, 0.3) is 5.22 Å². The van der Waals surface area contributed by atoms with Crippen LogP contribution in [0.2, 0.25) is 0 Å². The number of aryl methyl sites for hydroxylation is 2. The third-order valence-corrected chi connectivity index (χ3v) is 8.01. The molecule has 1 saturated heterocycles. The Kier molecular flexibility index (Phi) is 6.63. The number of nitrogens with zero attached hydrogens (tertiary/aromatic N) is 3. The Bertz CT molecular complexity index is 1200. The molecular formula is C22H24N4O4S2. The van der Waals surface area contributed by atoms with Crippen LogP contribution < -0.4 is 5.32 Å². The third-order valence-electron chi connectivity index (χ3n) is 5.28. The fourth-order valence-corrected chi connectivity index (χ4v) is 5.63. The Balaban J connectivity index is 1.38. The van der Waals surface area contributed by atoms with Crippen molar-refractivity contribution in [1.82, 2.24) is 14.5 Å². The van der Waals surface area contributed by atoms with Crippen molar-refractivity contribution < 1.29 is 17.6 Å². The molecule has 0 radical (unpaired) electrons. The highest BCUT2D eigenvalue weighted by Crippen LogP contribution is 2.27. The molecule has 1 aliphatic rings. The molecule has 1 fully saturated rings. The minimum Gasteiger partial charge on any atom is -0.411 e. The normalized spacial score (nSPS) is 14.6. The van der Waals surface area contributed by atoms with Gasteiger partial charge in [0.2, 0.25) is 21.8 Å². The quantitative estimate of drug-likeness (QED) is 0.520. The summed E-state index contributed by atoms with van der Waals surface area (Å²) >= 11 is 1.14. The number of benzene rings is 2. The van der Waals surface area contributed by atoms with Gasteiger partial charge in [-0.25, -0.2) is 8.42 Å². The van der Waals surface area contributed by atoms with E-state index in [4.69, 9.17) is 4.42 Å². The predicted octanol–water partition coefficient (Wildman–Crippen LogP) is 3.87. The van der Waals surface area contributed by atoms with E-state index in [1.165, 1.54) is 4.31 Å². The second-order valence-corrected chi connectivity index (χ2v) is 10.5. The van der Waals surface area contributed by atoms with E-state index in [-0.39, 0.29) is 27.7 Å². The Morgan fingerprint density at radius 3 is 2.38 bits per heavy atom. The molecule has 2 aromatic carbocycles. The van der Waals surface area contributed by atoms with Crippen LogP contribution >= 0.6 is 11.8 Å². The highest BCUT2D eigenvalue weighted by atomic mass is 32.2. The molecule has 3 aromatic rings. The average Bonchev–Trinajstić information content (AvgIpc) is 3.48. The summed E-state index contributed by atoms with van der Waals surface area (Å²) in [5, 5.41) is 11.2. The highest BCUT2D eigenvalue weighted by molar-refractivity contribution is 7.99. The minimum absolute atomic E-state index is 0.127. The van der Waals surface area contributed by atoms with Crippen molar-refractivity contribution in [3.63, 3.8) is 0 Å². The molecule has 1 aromatic heterocycles. The zero-order valence-electron chi connectivity index (χ0n) is 17.9. The number of rotatable bonds is 7. The van der Waals surface area contributed by atoms with Gasteiger partial charge in [0.05, 0.1) is 10.6 Å². The Hall–Kier alpha value is -2.69. The number of nitrogens with one attached hydrogen (secondary N) is 1. The zero-order chi connectivity index (χ0) is 22.7. The molecule has 32 heavy (non-hydrogen) atoms. The molecule has 8 nitrogen and oxygen atoms in total. The number of hydrogen-bond acceptors (Lipinski definition) is 7. The van der Waals surface area contributed by atoms with Gasteiger partial charge in [-0.3, -0.25) is 4.79 Å². The van der Waals surface area contributed by atoms with Crippen molar-refractivity contribution >= 4 is 33.4 Å². The molecule has 1 aliphatic heterocycles. The van der Waals surface area contributed by atoms with E-state index < -0.39 is 10.0 Å². The number of para-hydroxylation sites is 1. The maximum absolute atomic E-state index is 12.6. The van der Waals surface area contributed by atoms with Crippen LogP contribution in [0.5, 0.6) is 0 Å². The summed E-state index contributed by atoms with van der Waals surface area (Å²) in [6.45, 7) is 5.01. The third kappa shape index (κ3) is 4.87. The van der Waals surface area contributed by atoms with Crippen LogP contribution in [0, 0.1) is 13.8 Å². The molecule has 0 bridgehead atoms. The van der Waals surface area contributed by atoms with Gasteiger partial charge in [0.1, 0.15) is 0 Å². The Morgan fingerprint density at radius 1 is 1.06 bits per heavy atom. The summed E-state index contributed by atoms with van der Waals surface area (Å²) in [5.41, 5.74) is 3.43. The maximum atomic E-state index is 12.6. The van der Waals surface area contributed by atoms with Crippen molar-refractivity contribution in [3.8, 4) is 11.5 Å². The molecule has 0 atom stereocenters. The highest BCUT2D eigenvalue weighted by Gasteiger charge is 2.27. The van der Waals surface area contributed by atoms with Crippen LogP contribution in [-0.4, -0.2) is 47.7 Å². The van der Waals surface area contributed by atoms with Crippen LogP contribution in [0.3, 0.4) is 0 Å². The van der Waals surface area contributed by atoms with E-state index in [9.17, 15) is 13.2 Å². The number of thioether (sulfide) groups is 1. The van der Waals surface area contributed by atoms with Gasteiger partial charge < -0.3 is 9.73 Å². The van der Waals surface area contributed by atoms with Crippen molar-refractivity contribution in [2.45, 2.75) is 36.8 Å². The molecular weight excluding hydrogens is 448 g/mol. The van der Waals surface area contributed by atoms with E-state index in [0.29, 0.717) is 18.7 Å². The maximum Gasteiger partial charge on any atom is 0.277 e. The molecule has 2 heterocycles. The first-order valence-electron chi connectivity index (χ1n) is 10.3. The summed E-state index contributed by atoms with van der Waals surface area (Å²) in [7, 11) is -3.46. The first-order chi connectivity index (χ1) is 15.3. The molecule has 0 aliphatic carbocycles. The summed E-state index contributed by atoms with van der Waals surface area (Å²) in [6.07, 6.45) is 1.78. The standard InChI is InChI=1S/C22H24N4O4S2/c1-15-6-5-7-16(2)20(15)23-19(27)14-31-22-25-24-21(30-22)17-8-10-18(11-9-17)32(28,29)26-12-3-4-13-26/h5-11H,3-4,12-14H2,1-2H3,(H,23,27). The fraction of sp³-hybridized carbons (Fsp3) is 0.318. The zero-order valence-corrected chi connectivity index (χ0v) is 19.5. The molecule has 1 N–H and O–H groups in total. The van der Waals surface area contributed by atoms with Crippen molar-refractivity contribution in [2.24, 2.45) is 0 Å². The number of sulfonamides is 1. The van der Waals surface area contributed by atoms with Crippen LogP contribution in [-0.2, 0) is 14.8 Å². The largest absolute Gasteiger partial charge is 0.411 e. The van der Waals surface area contributed by atoms with Gasteiger partial charge in [0.15, 0.2) is 0 Å². The Morgan fingerprint density at radius 2 is 1.72 bits per heavy atom. The van der Waals surface area contributed by atoms with Crippen molar-refractivity contribution in [3.05, 3.63) is 53.6 Å². The monoisotopic (exact) mass is 472 g/mol. The van der Waals surface area contributed by atoms with E-state index >= 15 is 0 Å². The van der Waals surface area contributed by atoms with Gasteiger partial charge in [-0.1, -0.05) is 30.0 Å². The smallest absolute Gasteiger partial charge is 0.277 e. The van der Waals surface area contributed by atoms with Gasteiger partial charge in [0, 0.05) is 24.3 Å². The van der Waals surface area contributed by atoms with Gasteiger partial charge in [-0.05, 0) is 62.1 Å². The summed E-state index contributed by atoms with van der Waals surface area (Å²) < 4.78 is 32.4.